The van der Waals surface area contributed by atoms with E-state index in [2.05, 4.69) is 12.1 Å². The Balaban J connectivity index is 1.69. The van der Waals surface area contributed by atoms with E-state index in [1.165, 1.54) is 24.3 Å². The molecule has 5 rings (SSSR count). The van der Waals surface area contributed by atoms with Gasteiger partial charge in [-0.05, 0) is 61.4 Å². The first-order valence-corrected chi connectivity index (χ1v) is 9.73. The fourth-order valence-corrected chi connectivity index (χ4v) is 3.90. The summed E-state index contributed by atoms with van der Waals surface area (Å²) in [6, 6.07) is 21.1. The highest BCUT2D eigenvalue weighted by molar-refractivity contribution is 6.05. The monoisotopic (exact) mass is 396 g/mol. The van der Waals surface area contributed by atoms with E-state index in [0.29, 0.717) is 0 Å². The zero-order valence-corrected chi connectivity index (χ0v) is 16.6. The van der Waals surface area contributed by atoms with Crippen molar-refractivity contribution in [2.45, 2.75) is 13.8 Å². The van der Waals surface area contributed by atoms with Crippen LogP contribution in [0.4, 0.5) is 8.78 Å². The maximum Gasteiger partial charge on any atom is 0.123 e. The minimum atomic E-state index is -0.257. The fourth-order valence-electron chi connectivity index (χ4n) is 3.90. The van der Waals surface area contributed by atoms with Crippen LogP contribution in [0.5, 0.6) is 0 Å². The maximum atomic E-state index is 13.3. The van der Waals surface area contributed by atoms with E-state index in [-0.39, 0.29) is 11.6 Å². The van der Waals surface area contributed by atoms with Crippen LogP contribution in [0.3, 0.4) is 0 Å². The number of aryl methyl sites for hydroxylation is 2. The molecule has 0 unspecified atom stereocenters. The number of hydrogen-bond acceptors (Lipinski definition) is 2. The molecule has 0 amide bonds. The molecular weight excluding hydrogens is 378 g/mol. The van der Waals surface area contributed by atoms with E-state index in [1.807, 2.05) is 26.0 Å². The lowest BCUT2D eigenvalue weighted by atomic mass is 9.99. The molecule has 30 heavy (non-hydrogen) atoms. The predicted molar refractivity (Wildman–Crippen MR) is 117 cm³/mol. The van der Waals surface area contributed by atoms with Gasteiger partial charge in [-0.15, -0.1) is 0 Å². The van der Waals surface area contributed by atoms with Gasteiger partial charge in [0.1, 0.15) is 11.6 Å². The van der Waals surface area contributed by atoms with Gasteiger partial charge in [-0.25, -0.2) is 8.78 Å². The van der Waals surface area contributed by atoms with Crippen LogP contribution in [-0.4, -0.2) is 9.97 Å². The molecule has 2 aromatic heterocycles. The standard InChI is InChI=1S/C26H18F2N2/c1-15-23(17-5-9-21(27)10-6-17)13-19-3-4-20-14-24(18-7-11-22(28)12-8-18)16(2)30-26(20)25(19)29-15/h3-14H,1-2H3. The van der Waals surface area contributed by atoms with Gasteiger partial charge in [0.15, 0.2) is 0 Å². The lowest BCUT2D eigenvalue weighted by molar-refractivity contribution is 0.627. The van der Waals surface area contributed by atoms with Crippen LogP contribution in [-0.2, 0) is 0 Å². The quantitative estimate of drug-likeness (QED) is 0.300. The van der Waals surface area contributed by atoms with Crippen molar-refractivity contribution in [3.63, 3.8) is 0 Å². The molecule has 0 aliphatic heterocycles. The molecule has 0 spiro atoms. The lowest BCUT2D eigenvalue weighted by Crippen LogP contribution is -1.95. The summed E-state index contributed by atoms with van der Waals surface area (Å²) < 4.78 is 26.6. The van der Waals surface area contributed by atoms with Crippen LogP contribution in [0.15, 0.2) is 72.8 Å². The highest BCUT2D eigenvalue weighted by Gasteiger charge is 2.12. The van der Waals surface area contributed by atoms with E-state index < -0.39 is 0 Å². The zero-order chi connectivity index (χ0) is 20.8. The second-order valence-corrected chi connectivity index (χ2v) is 7.47. The van der Waals surface area contributed by atoms with Crippen molar-refractivity contribution in [1.29, 1.82) is 0 Å². The molecule has 0 aliphatic carbocycles. The van der Waals surface area contributed by atoms with E-state index in [1.54, 1.807) is 24.3 Å². The zero-order valence-electron chi connectivity index (χ0n) is 16.6. The first kappa shape index (κ1) is 18.4. The van der Waals surface area contributed by atoms with Crippen molar-refractivity contribution >= 4 is 21.8 Å². The average Bonchev–Trinajstić information content (AvgIpc) is 2.74. The Morgan fingerprint density at radius 1 is 0.533 bits per heavy atom. The van der Waals surface area contributed by atoms with Crippen molar-refractivity contribution in [2.24, 2.45) is 0 Å². The SMILES string of the molecule is Cc1nc2c(ccc3cc(-c4ccc(F)cc4)c(C)nc32)cc1-c1ccc(F)cc1. The molecule has 0 atom stereocenters. The van der Waals surface area contributed by atoms with Gasteiger partial charge in [0.25, 0.3) is 0 Å². The molecule has 4 heteroatoms. The second kappa shape index (κ2) is 6.99. The van der Waals surface area contributed by atoms with Gasteiger partial charge in [0.2, 0.25) is 0 Å². The number of fused-ring (bicyclic) bond motifs is 3. The molecule has 0 aliphatic rings. The number of aromatic nitrogens is 2. The average molecular weight is 396 g/mol. The Kier molecular flexibility index (Phi) is 4.28. The summed E-state index contributed by atoms with van der Waals surface area (Å²) in [6.45, 7) is 3.91. The maximum absolute atomic E-state index is 13.3. The van der Waals surface area contributed by atoms with Gasteiger partial charge in [-0.2, -0.15) is 0 Å². The summed E-state index contributed by atoms with van der Waals surface area (Å²) in [7, 11) is 0. The first-order valence-electron chi connectivity index (χ1n) is 9.73. The van der Waals surface area contributed by atoms with E-state index in [9.17, 15) is 8.78 Å². The van der Waals surface area contributed by atoms with Gasteiger partial charge in [0, 0.05) is 33.3 Å². The van der Waals surface area contributed by atoms with Crippen LogP contribution in [0, 0.1) is 25.5 Å². The van der Waals surface area contributed by atoms with Crippen LogP contribution in [0.2, 0.25) is 0 Å². The van der Waals surface area contributed by atoms with E-state index >= 15 is 0 Å². The predicted octanol–water partition coefficient (Wildman–Crippen LogP) is 7.01. The van der Waals surface area contributed by atoms with Crippen LogP contribution in [0.1, 0.15) is 11.4 Å². The molecule has 3 aromatic carbocycles. The number of nitrogens with zero attached hydrogens (tertiary/aromatic N) is 2. The third-order valence-corrected chi connectivity index (χ3v) is 5.46. The smallest absolute Gasteiger partial charge is 0.123 e. The van der Waals surface area contributed by atoms with Gasteiger partial charge in [-0.3, -0.25) is 9.97 Å². The molecule has 5 aromatic rings. The molecule has 2 nitrogen and oxygen atoms in total. The number of hydrogen-bond donors (Lipinski definition) is 0. The topological polar surface area (TPSA) is 25.8 Å². The van der Waals surface area contributed by atoms with Crippen LogP contribution >= 0.6 is 0 Å². The Morgan fingerprint density at radius 2 is 0.900 bits per heavy atom. The van der Waals surface area contributed by atoms with Gasteiger partial charge >= 0.3 is 0 Å². The summed E-state index contributed by atoms with van der Waals surface area (Å²) >= 11 is 0. The summed E-state index contributed by atoms with van der Waals surface area (Å²) in [5, 5.41) is 1.96. The van der Waals surface area contributed by atoms with Crippen LogP contribution in [0.25, 0.3) is 44.1 Å². The highest BCUT2D eigenvalue weighted by Crippen LogP contribution is 2.32. The Labute approximate surface area is 172 Å². The van der Waals surface area contributed by atoms with Crippen LogP contribution < -0.4 is 0 Å². The Hall–Kier alpha value is -3.66. The van der Waals surface area contributed by atoms with E-state index in [0.717, 1.165) is 55.4 Å². The molecular formula is C26H18F2N2. The molecule has 0 saturated carbocycles. The number of pyridine rings is 2. The van der Waals surface area contributed by atoms with Gasteiger partial charge < -0.3 is 0 Å². The summed E-state index contributed by atoms with van der Waals surface area (Å²) in [6.07, 6.45) is 0. The molecule has 0 bridgehead atoms. The van der Waals surface area contributed by atoms with Crippen molar-refractivity contribution < 1.29 is 8.78 Å². The molecule has 0 radical (unpaired) electrons. The third-order valence-electron chi connectivity index (χ3n) is 5.46. The molecule has 0 N–H and O–H groups in total. The normalized spacial score (nSPS) is 11.3. The summed E-state index contributed by atoms with van der Waals surface area (Å²) in [5.74, 6) is -0.513. The minimum Gasteiger partial charge on any atom is -0.250 e. The van der Waals surface area contributed by atoms with Crippen molar-refractivity contribution in [2.75, 3.05) is 0 Å². The summed E-state index contributed by atoms with van der Waals surface area (Å²) in [5.41, 5.74) is 7.21. The van der Waals surface area contributed by atoms with Crippen molar-refractivity contribution in [3.05, 3.63) is 95.8 Å². The number of halogens is 2. The van der Waals surface area contributed by atoms with Gasteiger partial charge in [0.05, 0.1) is 11.0 Å². The van der Waals surface area contributed by atoms with Gasteiger partial charge in [-0.1, -0.05) is 36.4 Å². The van der Waals surface area contributed by atoms with E-state index in [4.69, 9.17) is 9.97 Å². The number of benzene rings is 3. The Morgan fingerprint density at radius 3 is 1.27 bits per heavy atom. The lowest BCUT2D eigenvalue weighted by Gasteiger charge is -2.12. The highest BCUT2D eigenvalue weighted by atomic mass is 19.1. The molecule has 0 fully saturated rings. The first-order chi connectivity index (χ1) is 14.5. The molecule has 146 valence electrons. The summed E-state index contributed by atoms with van der Waals surface area (Å²) in [4.78, 5) is 9.70. The second-order valence-electron chi connectivity index (χ2n) is 7.47. The fraction of sp³-hybridized carbons (Fsp3) is 0.0769. The van der Waals surface area contributed by atoms with Crippen molar-refractivity contribution in [1.82, 2.24) is 9.97 Å². The third kappa shape index (κ3) is 3.11. The largest absolute Gasteiger partial charge is 0.250 e. The Bertz CT molecular complexity index is 1300. The minimum absolute atomic E-state index is 0.257. The number of rotatable bonds is 2. The molecule has 0 saturated heterocycles. The molecule has 2 heterocycles. The van der Waals surface area contributed by atoms with Crippen molar-refractivity contribution in [3.8, 4) is 22.3 Å².